The molecule has 5 heteroatoms. The molecule has 0 bridgehead atoms. The van der Waals surface area contributed by atoms with Crippen LogP contribution in [0.2, 0.25) is 0 Å². The zero-order chi connectivity index (χ0) is 14.2. The van der Waals surface area contributed by atoms with Gasteiger partial charge >= 0.3 is 0 Å². The van der Waals surface area contributed by atoms with Gasteiger partial charge in [0.1, 0.15) is 0 Å². The van der Waals surface area contributed by atoms with E-state index in [-0.39, 0.29) is 11.3 Å². The molecule has 3 rings (SSSR count). The molecule has 0 radical (unpaired) electrons. The van der Waals surface area contributed by atoms with Gasteiger partial charge in [-0.2, -0.15) is 0 Å². The van der Waals surface area contributed by atoms with E-state index in [1.165, 1.54) is 0 Å². The van der Waals surface area contributed by atoms with E-state index < -0.39 is 5.79 Å². The lowest BCUT2D eigenvalue weighted by Gasteiger charge is -2.53. The van der Waals surface area contributed by atoms with Gasteiger partial charge in [0, 0.05) is 24.0 Å². The van der Waals surface area contributed by atoms with Gasteiger partial charge in [-0.3, -0.25) is 4.79 Å². The van der Waals surface area contributed by atoms with Crippen molar-refractivity contribution in [2.75, 3.05) is 26.3 Å². The molecule has 1 spiro atoms. The van der Waals surface area contributed by atoms with Gasteiger partial charge in [0.05, 0.1) is 18.6 Å². The van der Waals surface area contributed by atoms with Crippen molar-refractivity contribution < 1.29 is 14.3 Å². The van der Waals surface area contributed by atoms with Crippen molar-refractivity contribution in [1.82, 2.24) is 4.90 Å². The summed E-state index contributed by atoms with van der Waals surface area (Å²) in [6.07, 6.45) is 3.52. The molecule has 0 aliphatic carbocycles. The molecule has 0 saturated carbocycles. The van der Waals surface area contributed by atoms with Crippen molar-refractivity contribution in [2.24, 2.45) is 5.41 Å². The predicted octanol–water partition coefficient (Wildman–Crippen LogP) is 2.37. The van der Waals surface area contributed by atoms with E-state index in [0.717, 1.165) is 18.0 Å². The van der Waals surface area contributed by atoms with E-state index in [1.54, 1.807) is 17.4 Å². The van der Waals surface area contributed by atoms with E-state index in [1.807, 2.05) is 42.3 Å². The Morgan fingerprint density at radius 2 is 2.05 bits per heavy atom. The summed E-state index contributed by atoms with van der Waals surface area (Å²) in [5.41, 5.74) is 0.00194. The standard InChI is InChI=1S/C15H19NO3S/c1-14(2)18-10-15(11-19-14)8-16(9-15)13(17)6-5-12-4-3-7-20-12/h3-7H,8-11H2,1-2H3. The van der Waals surface area contributed by atoms with Gasteiger partial charge in [0.25, 0.3) is 0 Å². The minimum Gasteiger partial charge on any atom is -0.350 e. The quantitative estimate of drug-likeness (QED) is 0.786. The first-order chi connectivity index (χ1) is 9.48. The largest absolute Gasteiger partial charge is 0.350 e. The molecule has 0 unspecified atom stereocenters. The number of nitrogens with zero attached hydrogens (tertiary/aromatic N) is 1. The van der Waals surface area contributed by atoms with Crippen molar-refractivity contribution in [1.29, 1.82) is 0 Å². The van der Waals surface area contributed by atoms with Crippen molar-refractivity contribution in [3.8, 4) is 0 Å². The molecule has 1 aromatic rings. The first-order valence-electron chi connectivity index (χ1n) is 6.77. The molecular formula is C15H19NO3S. The number of amides is 1. The van der Waals surface area contributed by atoms with Gasteiger partial charge in [0.2, 0.25) is 5.91 Å². The van der Waals surface area contributed by atoms with Crippen LogP contribution in [0.5, 0.6) is 0 Å². The number of carbonyl (C=O) groups is 1. The Morgan fingerprint density at radius 1 is 1.35 bits per heavy atom. The smallest absolute Gasteiger partial charge is 0.246 e. The van der Waals surface area contributed by atoms with E-state index in [0.29, 0.717) is 13.2 Å². The van der Waals surface area contributed by atoms with Crippen molar-refractivity contribution >= 4 is 23.3 Å². The Hall–Kier alpha value is -1.17. The Bertz CT molecular complexity index is 503. The highest BCUT2D eigenvalue weighted by molar-refractivity contribution is 7.10. The Kier molecular flexibility index (Phi) is 3.44. The average molecular weight is 293 g/mol. The van der Waals surface area contributed by atoms with Crippen LogP contribution in [0.4, 0.5) is 0 Å². The number of carbonyl (C=O) groups excluding carboxylic acids is 1. The van der Waals surface area contributed by atoms with Crippen LogP contribution in [0.1, 0.15) is 18.7 Å². The predicted molar refractivity (Wildman–Crippen MR) is 78.3 cm³/mol. The van der Waals surface area contributed by atoms with Gasteiger partial charge in [-0.05, 0) is 31.4 Å². The first kappa shape index (κ1) is 13.8. The number of rotatable bonds is 2. The minimum atomic E-state index is -0.491. The second kappa shape index (κ2) is 4.98. The lowest BCUT2D eigenvalue weighted by molar-refractivity contribution is -0.302. The maximum absolute atomic E-state index is 12.0. The summed E-state index contributed by atoms with van der Waals surface area (Å²) < 4.78 is 11.4. The van der Waals surface area contributed by atoms with Crippen LogP contribution in [-0.2, 0) is 14.3 Å². The van der Waals surface area contributed by atoms with Crippen LogP contribution in [-0.4, -0.2) is 42.9 Å². The number of thiophene rings is 1. The van der Waals surface area contributed by atoms with Crippen LogP contribution in [0.3, 0.4) is 0 Å². The molecule has 108 valence electrons. The van der Waals surface area contributed by atoms with E-state index in [2.05, 4.69) is 0 Å². The van der Waals surface area contributed by atoms with Crippen LogP contribution in [0.15, 0.2) is 23.6 Å². The molecule has 0 N–H and O–H groups in total. The topological polar surface area (TPSA) is 38.8 Å². The Labute approximate surface area is 123 Å². The summed E-state index contributed by atoms with van der Waals surface area (Å²) in [5, 5.41) is 2.00. The van der Waals surface area contributed by atoms with E-state index in [4.69, 9.17) is 9.47 Å². The summed E-state index contributed by atoms with van der Waals surface area (Å²) in [5.74, 6) is -0.428. The lowest BCUT2D eigenvalue weighted by Crippen LogP contribution is -2.65. The zero-order valence-corrected chi connectivity index (χ0v) is 12.6. The molecule has 1 amide bonds. The third-order valence-electron chi connectivity index (χ3n) is 3.75. The number of hydrogen-bond donors (Lipinski definition) is 0. The van der Waals surface area contributed by atoms with Gasteiger partial charge in [-0.25, -0.2) is 0 Å². The maximum atomic E-state index is 12.0. The van der Waals surface area contributed by atoms with Crippen molar-refractivity contribution in [2.45, 2.75) is 19.6 Å². The molecule has 2 aliphatic rings. The molecule has 2 fully saturated rings. The van der Waals surface area contributed by atoms with Gasteiger partial charge in [-0.15, -0.1) is 11.3 Å². The summed E-state index contributed by atoms with van der Waals surface area (Å²) in [6, 6.07) is 3.98. The third-order valence-corrected chi connectivity index (χ3v) is 4.59. The molecule has 2 aliphatic heterocycles. The van der Waals surface area contributed by atoms with Crippen molar-refractivity contribution in [3.05, 3.63) is 28.5 Å². The summed E-state index contributed by atoms with van der Waals surface area (Å²) in [7, 11) is 0. The highest BCUT2D eigenvalue weighted by atomic mass is 32.1. The van der Waals surface area contributed by atoms with Crippen LogP contribution < -0.4 is 0 Å². The number of hydrogen-bond acceptors (Lipinski definition) is 4. The molecular weight excluding hydrogens is 274 g/mol. The van der Waals surface area contributed by atoms with E-state index >= 15 is 0 Å². The van der Waals surface area contributed by atoms with Gasteiger partial charge < -0.3 is 14.4 Å². The summed E-state index contributed by atoms with van der Waals surface area (Å²) in [6.45, 7) is 6.61. The lowest BCUT2D eigenvalue weighted by atomic mass is 9.80. The molecule has 2 saturated heterocycles. The maximum Gasteiger partial charge on any atom is 0.246 e. The Balaban J connectivity index is 1.52. The zero-order valence-electron chi connectivity index (χ0n) is 11.8. The number of likely N-dealkylation sites (tertiary alicyclic amines) is 1. The van der Waals surface area contributed by atoms with Crippen molar-refractivity contribution in [3.63, 3.8) is 0 Å². The van der Waals surface area contributed by atoms with Crippen LogP contribution in [0, 0.1) is 5.41 Å². The van der Waals surface area contributed by atoms with Crippen LogP contribution >= 0.6 is 11.3 Å². The highest BCUT2D eigenvalue weighted by Gasteiger charge is 2.49. The van der Waals surface area contributed by atoms with Crippen LogP contribution in [0.25, 0.3) is 6.08 Å². The summed E-state index contributed by atoms with van der Waals surface area (Å²) in [4.78, 5) is 15.0. The average Bonchev–Trinajstić information content (AvgIpc) is 2.87. The fourth-order valence-corrected chi connectivity index (χ4v) is 3.10. The first-order valence-corrected chi connectivity index (χ1v) is 7.65. The third kappa shape index (κ3) is 2.80. The minimum absolute atomic E-state index is 0.00194. The van der Waals surface area contributed by atoms with Gasteiger partial charge in [0.15, 0.2) is 5.79 Å². The number of ether oxygens (including phenoxy) is 2. The fraction of sp³-hybridized carbons (Fsp3) is 0.533. The molecule has 1 aromatic heterocycles. The van der Waals surface area contributed by atoms with Gasteiger partial charge in [-0.1, -0.05) is 6.07 Å². The SMILES string of the molecule is CC1(C)OCC2(CO1)CN(C(=O)C=Cc1cccs1)C2. The molecule has 3 heterocycles. The highest BCUT2D eigenvalue weighted by Crippen LogP contribution is 2.37. The summed E-state index contributed by atoms with van der Waals surface area (Å²) >= 11 is 1.63. The van der Waals surface area contributed by atoms with E-state index in [9.17, 15) is 4.79 Å². The molecule has 20 heavy (non-hydrogen) atoms. The molecule has 4 nitrogen and oxygen atoms in total. The monoisotopic (exact) mass is 293 g/mol. The normalized spacial score (nSPS) is 24.0. The molecule has 0 aromatic carbocycles. The molecule has 0 atom stereocenters. The second-order valence-electron chi connectivity index (χ2n) is 6.02. The second-order valence-corrected chi connectivity index (χ2v) is 7.00. The fourth-order valence-electron chi connectivity index (χ4n) is 2.48. The Morgan fingerprint density at radius 3 is 2.65 bits per heavy atom.